The molecule has 2 amide bonds. The number of piperazine rings is 1. The van der Waals surface area contributed by atoms with Gasteiger partial charge in [-0.25, -0.2) is 8.78 Å². The molecule has 42 heavy (non-hydrogen) atoms. The minimum atomic E-state index is -0.890. The van der Waals surface area contributed by atoms with Crippen molar-refractivity contribution in [3.8, 4) is 11.1 Å². The SMILES string of the molecule is COC(=O)Cc1ccc2c(c1)NC(=O)[C@H](C)CCC[C@H](N1CCN(c3c(F)ccc(Cl)c3F)CC1=O)c1cc-2ccn1. The number of esters is 1. The zero-order valence-corrected chi connectivity index (χ0v) is 24.1. The Balaban J connectivity index is 1.48. The van der Waals surface area contributed by atoms with Crippen molar-refractivity contribution in [3.63, 3.8) is 0 Å². The number of amides is 2. The van der Waals surface area contributed by atoms with Crippen molar-refractivity contribution in [2.45, 2.75) is 38.6 Å². The van der Waals surface area contributed by atoms with Crippen LogP contribution in [0.25, 0.3) is 11.1 Å². The summed E-state index contributed by atoms with van der Waals surface area (Å²) in [4.78, 5) is 46.2. The van der Waals surface area contributed by atoms with E-state index in [2.05, 4.69) is 10.3 Å². The predicted octanol–water partition coefficient (Wildman–Crippen LogP) is 5.54. The number of aromatic nitrogens is 1. The number of nitrogens with zero attached hydrogens (tertiary/aromatic N) is 3. The quantitative estimate of drug-likeness (QED) is 0.314. The average Bonchev–Trinajstić information content (AvgIpc) is 2.97. The fourth-order valence-corrected chi connectivity index (χ4v) is 5.73. The number of methoxy groups -OCH3 is 1. The Hall–Kier alpha value is -4.05. The number of nitrogens with one attached hydrogen (secondary N) is 1. The third-order valence-electron chi connectivity index (χ3n) is 7.88. The minimum Gasteiger partial charge on any atom is -0.469 e. The number of carbonyl (C=O) groups excluding carboxylic acids is 3. The van der Waals surface area contributed by atoms with E-state index >= 15 is 0 Å². The van der Waals surface area contributed by atoms with Gasteiger partial charge in [0.05, 0.1) is 36.8 Å². The molecule has 0 spiro atoms. The zero-order chi connectivity index (χ0) is 30.0. The summed E-state index contributed by atoms with van der Waals surface area (Å²) in [6.07, 6.45) is 3.51. The van der Waals surface area contributed by atoms with E-state index in [1.807, 2.05) is 31.2 Å². The molecule has 0 aliphatic carbocycles. The number of rotatable bonds is 4. The number of halogens is 3. The highest BCUT2D eigenvalue weighted by atomic mass is 35.5. The van der Waals surface area contributed by atoms with Gasteiger partial charge in [0.25, 0.3) is 0 Å². The molecule has 220 valence electrons. The van der Waals surface area contributed by atoms with Gasteiger partial charge >= 0.3 is 5.97 Å². The molecule has 1 saturated heterocycles. The van der Waals surface area contributed by atoms with Crippen molar-refractivity contribution in [3.05, 3.63) is 76.6 Å². The molecule has 1 fully saturated rings. The Morgan fingerprint density at radius 3 is 2.69 bits per heavy atom. The fourth-order valence-electron chi connectivity index (χ4n) is 5.57. The summed E-state index contributed by atoms with van der Waals surface area (Å²) in [7, 11) is 1.33. The van der Waals surface area contributed by atoms with Crippen LogP contribution in [0.2, 0.25) is 5.02 Å². The van der Waals surface area contributed by atoms with Crippen LogP contribution in [0.15, 0.2) is 48.7 Å². The smallest absolute Gasteiger partial charge is 0.309 e. The van der Waals surface area contributed by atoms with Crippen LogP contribution >= 0.6 is 11.6 Å². The summed E-state index contributed by atoms with van der Waals surface area (Å²) in [5.41, 5.74) is 3.17. The van der Waals surface area contributed by atoms with E-state index in [1.165, 1.54) is 12.0 Å². The van der Waals surface area contributed by atoms with Crippen LogP contribution < -0.4 is 10.2 Å². The molecule has 2 aliphatic rings. The lowest BCUT2D eigenvalue weighted by molar-refractivity contribution is -0.139. The minimum absolute atomic E-state index is 0.0654. The van der Waals surface area contributed by atoms with Crippen molar-refractivity contribution in [2.75, 3.05) is 37.0 Å². The van der Waals surface area contributed by atoms with E-state index in [-0.39, 0.29) is 60.5 Å². The van der Waals surface area contributed by atoms with Gasteiger partial charge in [-0.05, 0) is 54.3 Å². The van der Waals surface area contributed by atoms with Crippen LogP contribution in [0, 0.1) is 17.6 Å². The standard InChI is InChI=1S/C31H31ClF2N4O4/c1-18-4-3-5-26(38-13-12-37(17-27(38)39)30-23(33)9-8-22(32)29(30)34)25-16-20(10-11-35-25)21-7-6-19(15-28(40)42-2)14-24(21)36-31(18)41/h6-11,14,16,18,26H,3-5,12-13,15,17H2,1-2H3,(H,36,41)/t18-,26+/m1/s1. The summed E-state index contributed by atoms with van der Waals surface area (Å²) in [6.45, 7) is 2.07. The van der Waals surface area contributed by atoms with Gasteiger partial charge in [0, 0.05) is 36.5 Å². The van der Waals surface area contributed by atoms with Gasteiger partial charge in [-0.1, -0.05) is 37.1 Å². The van der Waals surface area contributed by atoms with Crippen LogP contribution in [0.1, 0.15) is 43.5 Å². The molecule has 2 aromatic carbocycles. The molecule has 3 aromatic rings. The molecule has 0 radical (unpaired) electrons. The summed E-state index contributed by atoms with van der Waals surface area (Å²) in [5, 5.41) is 2.82. The van der Waals surface area contributed by atoms with Crippen LogP contribution in [-0.4, -0.2) is 54.4 Å². The summed E-state index contributed by atoms with van der Waals surface area (Å²) in [5.74, 6) is -2.80. The Labute approximate surface area is 247 Å². The average molecular weight is 597 g/mol. The van der Waals surface area contributed by atoms with E-state index in [0.29, 0.717) is 36.2 Å². The van der Waals surface area contributed by atoms with E-state index in [0.717, 1.165) is 23.3 Å². The lowest BCUT2D eigenvalue weighted by Gasteiger charge is -2.40. The summed E-state index contributed by atoms with van der Waals surface area (Å²) >= 11 is 5.89. The molecule has 1 N–H and O–H groups in total. The Bertz CT molecular complexity index is 1530. The van der Waals surface area contributed by atoms with Gasteiger partial charge in [-0.2, -0.15) is 0 Å². The number of pyridine rings is 1. The van der Waals surface area contributed by atoms with Gasteiger partial charge in [-0.15, -0.1) is 0 Å². The maximum absolute atomic E-state index is 14.7. The molecule has 3 heterocycles. The number of hydrogen-bond acceptors (Lipinski definition) is 6. The number of fused-ring (bicyclic) bond motifs is 4. The van der Waals surface area contributed by atoms with Crippen LogP contribution in [0.3, 0.4) is 0 Å². The second kappa shape index (κ2) is 12.4. The Morgan fingerprint density at radius 2 is 1.93 bits per heavy atom. The second-order valence-electron chi connectivity index (χ2n) is 10.6. The van der Waals surface area contributed by atoms with Crippen LogP contribution in [0.4, 0.5) is 20.2 Å². The van der Waals surface area contributed by atoms with Crippen molar-refractivity contribution >= 4 is 40.8 Å². The third kappa shape index (κ3) is 6.09. The molecular formula is C31H31ClF2N4O4. The van der Waals surface area contributed by atoms with Gasteiger partial charge < -0.3 is 19.9 Å². The van der Waals surface area contributed by atoms with Crippen LogP contribution in [0.5, 0.6) is 0 Å². The molecule has 8 nitrogen and oxygen atoms in total. The lowest BCUT2D eigenvalue weighted by atomic mass is 9.93. The van der Waals surface area contributed by atoms with Crippen LogP contribution in [-0.2, 0) is 25.5 Å². The van der Waals surface area contributed by atoms with Crippen molar-refractivity contribution < 1.29 is 27.9 Å². The highest BCUT2D eigenvalue weighted by molar-refractivity contribution is 6.31. The molecule has 2 aliphatic heterocycles. The van der Waals surface area contributed by atoms with Crippen molar-refractivity contribution in [1.82, 2.24) is 9.88 Å². The van der Waals surface area contributed by atoms with E-state index in [1.54, 1.807) is 17.2 Å². The molecule has 0 unspecified atom stereocenters. The van der Waals surface area contributed by atoms with E-state index < -0.39 is 17.7 Å². The van der Waals surface area contributed by atoms with Crippen molar-refractivity contribution in [2.24, 2.45) is 5.92 Å². The highest BCUT2D eigenvalue weighted by Crippen LogP contribution is 2.36. The largest absolute Gasteiger partial charge is 0.469 e. The highest BCUT2D eigenvalue weighted by Gasteiger charge is 2.34. The molecule has 2 atom stereocenters. The predicted molar refractivity (Wildman–Crippen MR) is 155 cm³/mol. The first-order valence-corrected chi connectivity index (χ1v) is 14.2. The monoisotopic (exact) mass is 596 g/mol. The maximum Gasteiger partial charge on any atom is 0.309 e. The number of benzene rings is 2. The Morgan fingerprint density at radius 1 is 1.12 bits per heavy atom. The molecule has 2 bridgehead atoms. The number of carbonyl (C=O) groups is 3. The second-order valence-corrected chi connectivity index (χ2v) is 11.0. The fraction of sp³-hybridized carbons (Fsp3) is 0.355. The number of anilines is 2. The zero-order valence-electron chi connectivity index (χ0n) is 23.3. The van der Waals surface area contributed by atoms with Gasteiger partial charge in [0.15, 0.2) is 5.82 Å². The normalized spacial score (nSPS) is 19.4. The first kappa shape index (κ1) is 29.4. The van der Waals surface area contributed by atoms with Gasteiger partial charge in [-0.3, -0.25) is 19.4 Å². The number of ether oxygens (including phenoxy) is 1. The molecule has 1 aromatic heterocycles. The first-order chi connectivity index (χ1) is 20.2. The van der Waals surface area contributed by atoms with E-state index in [9.17, 15) is 23.2 Å². The maximum atomic E-state index is 14.7. The Kier molecular flexibility index (Phi) is 8.72. The third-order valence-corrected chi connectivity index (χ3v) is 8.18. The van der Waals surface area contributed by atoms with Gasteiger partial charge in [0.2, 0.25) is 11.8 Å². The molecule has 0 saturated carbocycles. The first-order valence-electron chi connectivity index (χ1n) is 13.8. The lowest BCUT2D eigenvalue weighted by Crippen LogP contribution is -2.52. The molecular weight excluding hydrogens is 566 g/mol. The molecule has 5 rings (SSSR count). The summed E-state index contributed by atoms with van der Waals surface area (Å²) < 4.78 is 34.1. The summed E-state index contributed by atoms with van der Waals surface area (Å²) in [6, 6.07) is 11.0. The van der Waals surface area contributed by atoms with E-state index in [4.69, 9.17) is 16.3 Å². The van der Waals surface area contributed by atoms with Crippen molar-refractivity contribution in [1.29, 1.82) is 0 Å². The topological polar surface area (TPSA) is 91.8 Å². The number of hydrogen-bond donors (Lipinski definition) is 1. The molecule has 11 heteroatoms. The van der Waals surface area contributed by atoms with Gasteiger partial charge in [0.1, 0.15) is 11.5 Å².